The number of hydrogen-bond acceptors (Lipinski definition) is 4. The maximum absolute atomic E-state index is 12.8. The molecule has 0 atom stereocenters. The summed E-state index contributed by atoms with van der Waals surface area (Å²) in [5, 5.41) is 2.64. The first-order valence-corrected chi connectivity index (χ1v) is 9.55. The number of para-hydroxylation sites is 1. The summed E-state index contributed by atoms with van der Waals surface area (Å²) in [4.78, 5) is 11.4. The molecule has 0 saturated heterocycles. The van der Waals surface area contributed by atoms with E-state index >= 15 is 0 Å². The van der Waals surface area contributed by atoms with Gasteiger partial charge < -0.3 is 10.1 Å². The highest BCUT2D eigenvalue weighted by Crippen LogP contribution is 2.36. The number of halogens is 1. The molecule has 0 spiro atoms. The minimum absolute atomic E-state index is 0.0447. The number of benzene rings is 2. The molecule has 2 N–H and O–H groups in total. The Morgan fingerprint density at radius 3 is 2.79 bits per heavy atom. The monoisotopic (exact) mass is 410 g/mol. The van der Waals surface area contributed by atoms with Crippen LogP contribution in [0.5, 0.6) is 5.75 Å². The average Bonchev–Trinajstić information content (AvgIpc) is 2.54. The second kappa shape index (κ2) is 6.45. The smallest absolute Gasteiger partial charge is 0.263 e. The van der Waals surface area contributed by atoms with Gasteiger partial charge in [-0.3, -0.25) is 9.52 Å². The van der Waals surface area contributed by atoms with Crippen molar-refractivity contribution in [2.45, 2.75) is 18.2 Å². The molecule has 0 aromatic heterocycles. The minimum atomic E-state index is -3.81. The van der Waals surface area contributed by atoms with Crippen LogP contribution in [0.2, 0.25) is 0 Å². The molecule has 0 aliphatic carbocycles. The first-order valence-electron chi connectivity index (χ1n) is 7.27. The van der Waals surface area contributed by atoms with E-state index < -0.39 is 10.0 Å². The van der Waals surface area contributed by atoms with Crippen molar-refractivity contribution < 1.29 is 17.9 Å². The Kier molecular flexibility index (Phi) is 4.51. The summed E-state index contributed by atoms with van der Waals surface area (Å²) in [6.45, 7) is 1.82. The van der Waals surface area contributed by atoms with Gasteiger partial charge in [0.25, 0.3) is 15.9 Å². The van der Waals surface area contributed by atoms with Crippen molar-refractivity contribution in [3.63, 3.8) is 0 Å². The van der Waals surface area contributed by atoms with E-state index in [4.69, 9.17) is 4.74 Å². The lowest BCUT2D eigenvalue weighted by atomic mass is 10.1. The van der Waals surface area contributed by atoms with Crippen LogP contribution in [0.25, 0.3) is 0 Å². The zero-order chi connectivity index (χ0) is 17.3. The predicted molar refractivity (Wildman–Crippen MR) is 94.9 cm³/mol. The number of fused-ring (bicyclic) bond motifs is 1. The summed E-state index contributed by atoms with van der Waals surface area (Å²) in [7, 11) is -3.81. The molecule has 1 aliphatic heterocycles. The zero-order valence-electron chi connectivity index (χ0n) is 12.8. The lowest BCUT2D eigenvalue weighted by Gasteiger charge is -2.20. The van der Waals surface area contributed by atoms with Gasteiger partial charge in [-0.15, -0.1) is 0 Å². The van der Waals surface area contributed by atoms with Crippen LogP contribution in [0, 0.1) is 0 Å². The average molecular weight is 411 g/mol. The standard InChI is InChI=1S/C16H15BrN2O4S/c1-2-10-5-3-4-6-12(10)19-24(21,22)15-8-14-13(7-11(15)17)18-16(20)9-23-14/h3-8,19H,2,9H2,1H3,(H,18,20). The number of sulfonamides is 1. The minimum Gasteiger partial charge on any atom is -0.482 e. The third-order valence-corrected chi connectivity index (χ3v) is 5.92. The van der Waals surface area contributed by atoms with Crippen LogP contribution in [0.1, 0.15) is 12.5 Å². The number of carbonyl (C=O) groups excluding carboxylic acids is 1. The number of aryl methyl sites for hydroxylation is 1. The van der Waals surface area contributed by atoms with Gasteiger partial charge in [-0.25, -0.2) is 8.42 Å². The molecule has 0 fully saturated rings. The Morgan fingerprint density at radius 1 is 1.29 bits per heavy atom. The molecule has 0 bridgehead atoms. The number of hydrogen-bond donors (Lipinski definition) is 2. The molecule has 6 nitrogen and oxygen atoms in total. The molecule has 8 heteroatoms. The van der Waals surface area contributed by atoms with Gasteiger partial charge in [0.05, 0.1) is 11.4 Å². The van der Waals surface area contributed by atoms with Crippen molar-refractivity contribution in [2.24, 2.45) is 0 Å². The molecule has 126 valence electrons. The summed E-state index contributed by atoms with van der Waals surface area (Å²) in [5.41, 5.74) is 1.88. The van der Waals surface area contributed by atoms with Crippen molar-refractivity contribution in [3.05, 3.63) is 46.4 Å². The lowest BCUT2D eigenvalue weighted by Crippen LogP contribution is -2.26. The Balaban J connectivity index is 2.00. The fraction of sp³-hybridized carbons (Fsp3) is 0.188. The van der Waals surface area contributed by atoms with Gasteiger partial charge in [0, 0.05) is 10.5 Å². The third kappa shape index (κ3) is 3.25. The van der Waals surface area contributed by atoms with E-state index in [0.29, 0.717) is 28.0 Å². The highest BCUT2D eigenvalue weighted by molar-refractivity contribution is 9.10. The van der Waals surface area contributed by atoms with Crippen LogP contribution in [-0.4, -0.2) is 20.9 Å². The molecule has 24 heavy (non-hydrogen) atoms. The van der Waals surface area contributed by atoms with Gasteiger partial charge in [-0.2, -0.15) is 0 Å². The van der Waals surface area contributed by atoms with E-state index in [1.807, 2.05) is 19.1 Å². The van der Waals surface area contributed by atoms with Crippen molar-refractivity contribution >= 4 is 43.2 Å². The summed E-state index contributed by atoms with van der Waals surface area (Å²) in [6, 6.07) is 10.2. The highest BCUT2D eigenvalue weighted by atomic mass is 79.9. The molecule has 0 saturated carbocycles. The Labute approximate surface area is 148 Å². The second-order valence-corrected chi connectivity index (χ2v) is 7.74. The summed E-state index contributed by atoms with van der Waals surface area (Å²) < 4.78 is 33.8. The number of nitrogens with one attached hydrogen (secondary N) is 2. The number of rotatable bonds is 4. The number of carbonyl (C=O) groups is 1. The predicted octanol–water partition coefficient (Wildman–Crippen LogP) is 3.14. The third-order valence-electron chi connectivity index (χ3n) is 3.60. The van der Waals surface area contributed by atoms with E-state index in [-0.39, 0.29) is 17.4 Å². The molecular formula is C16H15BrN2O4S. The topological polar surface area (TPSA) is 84.5 Å². The van der Waals surface area contributed by atoms with Gasteiger partial charge in [0.2, 0.25) is 0 Å². The fourth-order valence-corrected chi connectivity index (χ4v) is 4.57. The molecule has 0 unspecified atom stereocenters. The molecular weight excluding hydrogens is 396 g/mol. The fourth-order valence-electron chi connectivity index (χ4n) is 2.42. The van der Waals surface area contributed by atoms with Crippen molar-refractivity contribution in [1.29, 1.82) is 0 Å². The summed E-state index contributed by atoms with van der Waals surface area (Å²) >= 11 is 3.25. The Morgan fingerprint density at radius 2 is 2.04 bits per heavy atom. The summed E-state index contributed by atoms with van der Waals surface area (Å²) in [6.07, 6.45) is 0.708. The first kappa shape index (κ1) is 16.8. The molecule has 3 rings (SSSR count). The van der Waals surface area contributed by atoms with Gasteiger partial charge in [0.1, 0.15) is 10.6 Å². The molecule has 1 aliphatic rings. The normalized spacial score (nSPS) is 13.7. The summed E-state index contributed by atoms with van der Waals surface area (Å²) in [5.74, 6) is 0.0435. The molecule has 2 aromatic carbocycles. The van der Waals surface area contributed by atoms with E-state index in [0.717, 1.165) is 5.56 Å². The molecule has 1 amide bonds. The van der Waals surface area contributed by atoms with Crippen molar-refractivity contribution in [2.75, 3.05) is 16.6 Å². The number of anilines is 2. The Hall–Kier alpha value is -2.06. The van der Waals surface area contributed by atoms with Gasteiger partial charge in [-0.1, -0.05) is 25.1 Å². The van der Waals surface area contributed by atoms with E-state index in [9.17, 15) is 13.2 Å². The van der Waals surface area contributed by atoms with Crippen LogP contribution in [0.3, 0.4) is 0 Å². The van der Waals surface area contributed by atoms with Crippen molar-refractivity contribution in [1.82, 2.24) is 0 Å². The largest absolute Gasteiger partial charge is 0.482 e. The first-order chi connectivity index (χ1) is 11.4. The van der Waals surface area contributed by atoms with E-state index in [2.05, 4.69) is 26.0 Å². The van der Waals surface area contributed by atoms with Gasteiger partial charge >= 0.3 is 0 Å². The van der Waals surface area contributed by atoms with Crippen LogP contribution in [0.4, 0.5) is 11.4 Å². The quantitative estimate of drug-likeness (QED) is 0.810. The highest BCUT2D eigenvalue weighted by Gasteiger charge is 2.24. The number of ether oxygens (including phenoxy) is 1. The second-order valence-electron chi connectivity index (χ2n) is 5.23. The maximum Gasteiger partial charge on any atom is 0.263 e. The van der Waals surface area contributed by atoms with Crippen molar-refractivity contribution in [3.8, 4) is 5.75 Å². The lowest BCUT2D eigenvalue weighted by molar-refractivity contribution is -0.118. The molecule has 2 aromatic rings. The van der Waals surface area contributed by atoms with Gasteiger partial charge in [-0.05, 0) is 40.0 Å². The SMILES string of the molecule is CCc1ccccc1NS(=O)(=O)c1cc2c(cc1Br)NC(=O)CO2. The van der Waals surface area contributed by atoms with Crippen LogP contribution in [-0.2, 0) is 21.2 Å². The van der Waals surface area contributed by atoms with Crippen LogP contribution < -0.4 is 14.8 Å². The number of amides is 1. The molecule has 0 radical (unpaired) electrons. The maximum atomic E-state index is 12.8. The van der Waals surface area contributed by atoms with E-state index in [1.54, 1.807) is 12.1 Å². The van der Waals surface area contributed by atoms with Crippen LogP contribution in [0.15, 0.2) is 45.8 Å². The van der Waals surface area contributed by atoms with Gasteiger partial charge in [0.15, 0.2) is 6.61 Å². The van der Waals surface area contributed by atoms with Crippen LogP contribution >= 0.6 is 15.9 Å². The Bertz CT molecular complexity index is 912. The van der Waals surface area contributed by atoms with E-state index in [1.165, 1.54) is 12.1 Å². The molecule has 1 heterocycles. The zero-order valence-corrected chi connectivity index (χ0v) is 15.2.